The standard InChI is InChI=1S/C12H16O.2C2H6/c13-12-8-4-7-11(9-12)10-5-2-1-3-6-10;2*1-2/h4,7-10,13H,1-3,5-6H2;2*1-2H3. The first-order valence-electron chi connectivity index (χ1n) is 7.15. The first-order valence-corrected chi connectivity index (χ1v) is 7.15. The number of hydrogen-bond acceptors (Lipinski definition) is 1. The predicted octanol–water partition coefficient (Wildman–Crippen LogP) is 5.49. The molecule has 1 N–H and O–H groups in total. The van der Waals surface area contributed by atoms with Crippen LogP contribution < -0.4 is 0 Å². The summed E-state index contributed by atoms with van der Waals surface area (Å²) in [7, 11) is 0. The zero-order chi connectivity index (χ0) is 13.1. The molecule has 1 saturated carbocycles. The molecule has 0 aromatic heterocycles. The molecule has 17 heavy (non-hydrogen) atoms. The number of phenolic OH excluding ortho intramolecular Hbond substituents is 1. The number of phenols is 1. The molecule has 1 fully saturated rings. The van der Waals surface area contributed by atoms with Crippen molar-refractivity contribution in [2.24, 2.45) is 0 Å². The first kappa shape index (κ1) is 16.0. The highest BCUT2D eigenvalue weighted by Crippen LogP contribution is 2.33. The minimum atomic E-state index is 0.406. The Labute approximate surface area is 107 Å². The van der Waals surface area contributed by atoms with Crippen LogP contribution in [0.2, 0.25) is 0 Å². The van der Waals surface area contributed by atoms with E-state index in [0.717, 1.165) is 0 Å². The summed E-state index contributed by atoms with van der Waals surface area (Å²) in [5.41, 5.74) is 1.32. The molecule has 0 amide bonds. The summed E-state index contributed by atoms with van der Waals surface area (Å²) >= 11 is 0. The van der Waals surface area contributed by atoms with Gasteiger partial charge in [-0.3, -0.25) is 0 Å². The molecule has 0 atom stereocenters. The fourth-order valence-corrected chi connectivity index (χ4v) is 2.21. The second kappa shape index (κ2) is 10.2. The van der Waals surface area contributed by atoms with Gasteiger partial charge in [-0.1, -0.05) is 59.1 Å². The van der Waals surface area contributed by atoms with Gasteiger partial charge in [0, 0.05) is 0 Å². The van der Waals surface area contributed by atoms with Gasteiger partial charge >= 0.3 is 0 Å². The molecule has 1 aliphatic carbocycles. The minimum Gasteiger partial charge on any atom is -0.508 e. The van der Waals surface area contributed by atoms with Gasteiger partial charge in [0.05, 0.1) is 0 Å². The molecule has 0 unspecified atom stereocenters. The lowest BCUT2D eigenvalue weighted by molar-refractivity contribution is 0.438. The Morgan fingerprint density at radius 3 is 2.06 bits per heavy atom. The van der Waals surface area contributed by atoms with Crippen molar-refractivity contribution in [2.75, 3.05) is 0 Å². The van der Waals surface area contributed by atoms with E-state index in [2.05, 4.69) is 6.07 Å². The lowest BCUT2D eigenvalue weighted by Gasteiger charge is -2.21. The van der Waals surface area contributed by atoms with E-state index in [9.17, 15) is 5.11 Å². The van der Waals surface area contributed by atoms with E-state index >= 15 is 0 Å². The normalized spacial score (nSPS) is 15.1. The summed E-state index contributed by atoms with van der Waals surface area (Å²) in [5.74, 6) is 1.10. The maximum Gasteiger partial charge on any atom is 0.115 e. The van der Waals surface area contributed by atoms with E-state index < -0.39 is 0 Å². The van der Waals surface area contributed by atoms with Crippen LogP contribution in [0.3, 0.4) is 0 Å². The average molecular weight is 236 g/mol. The van der Waals surface area contributed by atoms with Crippen LogP contribution in [0, 0.1) is 0 Å². The van der Waals surface area contributed by atoms with Crippen molar-refractivity contribution in [3.05, 3.63) is 29.8 Å². The van der Waals surface area contributed by atoms with Crippen LogP contribution in [0.4, 0.5) is 0 Å². The molecule has 2 rings (SSSR count). The average Bonchev–Trinajstić information content (AvgIpc) is 2.44. The molecular weight excluding hydrogens is 208 g/mol. The van der Waals surface area contributed by atoms with Crippen LogP contribution in [0.25, 0.3) is 0 Å². The Morgan fingerprint density at radius 1 is 0.941 bits per heavy atom. The Morgan fingerprint density at radius 2 is 1.53 bits per heavy atom. The van der Waals surface area contributed by atoms with Gasteiger partial charge in [0.25, 0.3) is 0 Å². The Kier molecular flexibility index (Phi) is 9.60. The van der Waals surface area contributed by atoms with Gasteiger partial charge in [0.2, 0.25) is 0 Å². The molecule has 0 aliphatic heterocycles. The third-order valence-corrected chi connectivity index (χ3v) is 2.95. The molecule has 1 aliphatic rings. The maximum absolute atomic E-state index is 9.34. The van der Waals surface area contributed by atoms with Gasteiger partial charge in [0.15, 0.2) is 0 Å². The molecular formula is C16H28O. The van der Waals surface area contributed by atoms with Crippen molar-refractivity contribution in [3.63, 3.8) is 0 Å². The topological polar surface area (TPSA) is 20.2 Å². The minimum absolute atomic E-state index is 0.406. The van der Waals surface area contributed by atoms with Gasteiger partial charge in [-0.15, -0.1) is 0 Å². The molecule has 0 bridgehead atoms. The van der Waals surface area contributed by atoms with E-state index in [0.29, 0.717) is 11.7 Å². The smallest absolute Gasteiger partial charge is 0.115 e. The van der Waals surface area contributed by atoms with Crippen molar-refractivity contribution in [1.82, 2.24) is 0 Å². The molecule has 0 heterocycles. The summed E-state index contributed by atoms with van der Waals surface area (Å²) < 4.78 is 0. The van der Waals surface area contributed by atoms with Gasteiger partial charge in [-0.05, 0) is 36.5 Å². The van der Waals surface area contributed by atoms with E-state index in [1.165, 1.54) is 37.7 Å². The van der Waals surface area contributed by atoms with Crippen LogP contribution in [-0.2, 0) is 0 Å². The fourth-order valence-electron chi connectivity index (χ4n) is 2.21. The summed E-state index contributed by atoms with van der Waals surface area (Å²) in [4.78, 5) is 0. The third kappa shape index (κ3) is 5.76. The summed E-state index contributed by atoms with van der Waals surface area (Å²) in [6.07, 6.45) is 6.67. The largest absolute Gasteiger partial charge is 0.508 e. The number of aromatic hydroxyl groups is 1. The molecule has 0 spiro atoms. The molecule has 1 nitrogen and oxygen atoms in total. The van der Waals surface area contributed by atoms with Crippen LogP contribution in [0.5, 0.6) is 5.75 Å². The van der Waals surface area contributed by atoms with Crippen molar-refractivity contribution >= 4 is 0 Å². The number of rotatable bonds is 1. The highest BCUT2D eigenvalue weighted by Gasteiger charge is 2.15. The second-order valence-electron chi connectivity index (χ2n) is 3.93. The van der Waals surface area contributed by atoms with Gasteiger partial charge in [-0.2, -0.15) is 0 Å². The summed E-state index contributed by atoms with van der Waals surface area (Å²) in [6, 6.07) is 7.73. The van der Waals surface area contributed by atoms with Crippen molar-refractivity contribution in [3.8, 4) is 5.75 Å². The quantitative estimate of drug-likeness (QED) is 0.683. The predicted molar refractivity (Wildman–Crippen MR) is 76.6 cm³/mol. The first-order chi connectivity index (χ1) is 8.36. The molecule has 1 aromatic carbocycles. The Balaban J connectivity index is 0.000000581. The van der Waals surface area contributed by atoms with Crippen molar-refractivity contribution < 1.29 is 5.11 Å². The molecule has 1 aromatic rings. The summed E-state index contributed by atoms with van der Waals surface area (Å²) in [6.45, 7) is 8.00. The van der Waals surface area contributed by atoms with Crippen LogP contribution >= 0.6 is 0 Å². The fraction of sp³-hybridized carbons (Fsp3) is 0.625. The summed E-state index contributed by atoms with van der Waals surface area (Å²) in [5, 5.41) is 9.34. The van der Waals surface area contributed by atoms with Crippen molar-refractivity contribution in [2.45, 2.75) is 65.7 Å². The Bertz CT molecular complexity index is 275. The maximum atomic E-state index is 9.34. The highest BCUT2D eigenvalue weighted by molar-refractivity contribution is 5.29. The number of benzene rings is 1. The van der Waals surface area contributed by atoms with Crippen LogP contribution in [0.15, 0.2) is 24.3 Å². The van der Waals surface area contributed by atoms with E-state index in [1.54, 1.807) is 6.07 Å². The van der Waals surface area contributed by atoms with E-state index in [4.69, 9.17) is 0 Å². The third-order valence-electron chi connectivity index (χ3n) is 2.95. The Hall–Kier alpha value is -0.980. The SMILES string of the molecule is CC.CC.Oc1cccc(C2CCCCC2)c1. The lowest BCUT2D eigenvalue weighted by Crippen LogP contribution is -2.03. The molecule has 98 valence electrons. The van der Waals surface area contributed by atoms with Gasteiger partial charge in [-0.25, -0.2) is 0 Å². The second-order valence-corrected chi connectivity index (χ2v) is 3.93. The van der Waals surface area contributed by atoms with Crippen LogP contribution in [0.1, 0.15) is 71.3 Å². The van der Waals surface area contributed by atoms with Crippen LogP contribution in [-0.4, -0.2) is 5.11 Å². The van der Waals surface area contributed by atoms with Gasteiger partial charge in [0.1, 0.15) is 5.75 Å². The van der Waals surface area contributed by atoms with Gasteiger partial charge < -0.3 is 5.11 Å². The lowest BCUT2D eigenvalue weighted by atomic mass is 9.84. The molecule has 0 radical (unpaired) electrons. The van der Waals surface area contributed by atoms with E-state index in [1.807, 2.05) is 39.8 Å². The zero-order valence-corrected chi connectivity index (χ0v) is 11.9. The molecule has 0 saturated heterocycles. The monoisotopic (exact) mass is 236 g/mol. The number of hydrogen-bond donors (Lipinski definition) is 1. The van der Waals surface area contributed by atoms with E-state index in [-0.39, 0.29) is 0 Å². The zero-order valence-electron chi connectivity index (χ0n) is 11.9. The molecule has 1 heteroatoms. The van der Waals surface area contributed by atoms with Crippen molar-refractivity contribution in [1.29, 1.82) is 0 Å². The highest BCUT2D eigenvalue weighted by atomic mass is 16.3.